The summed E-state index contributed by atoms with van der Waals surface area (Å²) in [5.74, 6) is -0.431. The highest BCUT2D eigenvalue weighted by Gasteiger charge is 2.38. The molecule has 0 spiro atoms. The van der Waals surface area contributed by atoms with Gasteiger partial charge in [0.05, 0.1) is 21.8 Å². The van der Waals surface area contributed by atoms with Gasteiger partial charge in [-0.3, -0.25) is 9.69 Å². The minimum atomic E-state index is -4.81. The van der Waals surface area contributed by atoms with Crippen molar-refractivity contribution in [3.63, 3.8) is 0 Å². The van der Waals surface area contributed by atoms with Crippen LogP contribution in [0.2, 0.25) is 5.02 Å². The maximum atomic E-state index is 14.1. The van der Waals surface area contributed by atoms with Crippen molar-refractivity contribution in [1.82, 2.24) is 24.6 Å². The number of piperidine rings is 2. The smallest absolute Gasteiger partial charge is 0.418 e. The third kappa shape index (κ3) is 10.3. The van der Waals surface area contributed by atoms with E-state index in [1.807, 2.05) is 29.2 Å². The number of piperazine rings is 1. The van der Waals surface area contributed by atoms with Crippen molar-refractivity contribution in [2.75, 3.05) is 88.0 Å². The number of fused-ring (bicyclic) bond motifs is 1. The van der Waals surface area contributed by atoms with Crippen LogP contribution in [0.15, 0.2) is 54.7 Å². The number of nitrogens with one attached hydrogen (secondary N) is 1. The van der Waals surface area contributed by atoms with E-state index < -0.39 is 41.5 Å². The summed E-state index contributed by atoms with van der Waals surface area (Å²) in [6.45, 7) is 5.14. The summed E-state index contributed by atoms with van der Waals surface area (Å²) < 4.78 is 53.1. The number of likely N-dealkylation sites (tertiary alicyclic amines) is 2. The number of hydrogen-bond acceptors (Lipinski definition) is 10. The summed E-state index contributed by atoms with van der Waals surface area (Å²) in [5, 5.41) is 2.64. The summed E-state index contributed by atoms with van der Waals surface area (Å²) in [4.78, 5) is 67.0. The molecule has 0 saturated carbocycles. The number of nitrogens with zero attached hydrogens (tertiary/aromatic N) is 6. The van der Waals surface area contributed by atoms with Crippen LogP contribution in [0, 0.1) is 0 Å². The van der Waals surface area contributed by atoms with Gasteiger partial charge in [-0.05, 0) is 86.7 Å². The number of urea groups is 1. The number of carbonyl (C=O) groups excluding carboxylic acids is 4. The molecular formula is C42H50ClF3N8O6. The molecule has 0 unspecified atom stereocenters. The Morgan fingerprint density at radius 2 is 1.65 bits per heavy atom. The number of benzene rings is 2. The van der Waals surface area contributed by atoms with E-state index in [4.69, 9.17) is 26.8 Å². The maximum Gasteiger partial charge on any atom is 0.418 e. The van der Waals surface area contributed by atoms with Crippen molar-refractivity contribution in [1.29, 1.82) is 0 Å². The van der Waals surface area contributed by atoms with Crippen molar-refractivity contribution in [2.24, 2.45) is 0 Å². The molecule has 3 saturated heterocycles. The maximum absolute atomic E-state index is 14.1. The molecule has 14 nitrogen and oxygen atoms in total. The fourth-order valence-electron chi connectivity index (χ4n) is 8.30. The van der Waals surface area contributed by atoms with Gasteiger partial charge in [0.2, 0.25) is 0 Å². The van der Waals surface area contributed by atoms with Crippen LogP contribution in [0.5, 0.6) is 0 Å². The second-order valence-electron chi connectivity index (χ2n) is 15.6. The molecule has 18 heteroatoms. The van der Waals surface area contributed by atoms with E-state index in [2.05, 4.69) is 15.2 Å². The third-order valence-electron chi connectivity index (χ3n) is 11.7. The number of esters is 1. The lowest BCUT2D eigenvalue weighted by atomic mass is 10.0. The molecule has 4 aliphatic heterocycles. The van der Waals surface area contributed by atoms with E-state index >= 15 is 0 Å². The molecule has 3 fully saturated rings. The van der Waals surface area contributed by atoms with Gasteiger partial charge in [0.25, 0.3) is 5.91 Å². The van der Waals surface area contributed by atoms with Crippen LogP contribution < -0.4 is 16.0 Å². The van der Waals surface area contributed by atoms with Crippen LogP contribution in [0.3, 0.4) is 0 Å². The number of rotatable bonds is 10. The SMILES string of the molecule is Nc1c(Cl)cc(C[C@@H](OC(=O)N2CCC(N3CCc4ccccc4NC3=O)CC2)C(=O)N2CCN(c3ccc(C(=O)OCCN4CCCCC4)cn3)CC2)cc1C(F)(F)F. The number of carbonyl (C=O) groups is 4. The molecule has 2 aromatic carbocycles. The monoisotopic (exact) mass is 854 g/mol. The summed E-state index contributed by atoms with van der Waals surface area (Å²) in [5.41, 5.74) is 6.05. The molecule has 7 rings (SSSR count). The first-order valence-electron chi connectivity index (χ1n) is 20.5. The van der Waals surface area contributed by atoms with Gasteiger partial charge >= 0.3 is 24.3 Å². The molecule has 3 N–H and O–H groups in total. The van der Waals surface area contributed by atoms with Crippen LogP contribution >= 0.6 is 11.6 Å². The van der Waals surface area contributed by atoms with Crippen molar-refractivity contribution in [3.8, 4) is 0 Å². The lowest BCUT2D eigenvalue weighted by molar-refractivity contribution is -0.141. The number of ether oxygens (including phenoxy) is 2. The molecule has 60 heavy (non-hydrogen) atoms. The Morgan fingerprint density at radius 3 is 2.35 bits per heavy atom. The largest absolute Gasteiger partial charge is 0.461 e. The normalized spacial score (nSPS) is 18.6. The zero-order valence-electron chi connectivity index (χ0n) is 33.3. The van der Waals surface area contributed by atoms with Crippen LogP contribution in [0.1, 0.15) is 59.2 Å². The van der Waals surface area contributed by atoms with Gasteiger partial charge in [-0.15, -0.1) is 0 Å². The second-order valence-corrected chi connectivity index (χ2v) is 16.0. The number of pyridine rings is 1. The quantitative estimate of drug-likeness (QED) is 0.185. The van der Waals surface area contributed by atoms with Crippen LogP contribution in [0.4, 0.5) is 40.0 Å². The number of anilines is 3. The Labute approximate surface area is 351 Å². The van der Waals surface area contributed by atoms with Gasteiger partial charge < -0.3 is 40.1 Å². The number of halogens is 4. The number of nitrogens with two attached hydrogens (primary N) is 1. The van der Waals surface area contributed by atoms with E-state index in [-0.39, 0.29) is 55.3 Å². The molecule has 4 aliphatic rings. The lowest BCUT2D eigenvalue weighted by Crippen LogP contribution is -2.54. The zero-order valence-corrected chi connectivity index (χ0v) is 34.1. The summed E-state index contributed by atoms with van der Waals surface area (Å²) in [7, 11) is 0. The molecule has 1 aromatic heterocycles. The van der Waals surface area contributed by atoms with Crippen LogP contribution in [-0.4, -0.2) is 133 Å². The summed E-state index contributed by atoms with van der Waals surface area (Å²) in [6, 6.07) is 12.7. The minimum absolute atomic E-state index is 0.0208. The standard InChI is InChI=1S/C42H50ClF3N8O6/c43-33-25-28(24-32(37(33)47)42(44,45)46)26-35(60-41(58)53-15-11-31(12-16-53)54-17-10-29-6-2-3-7-34(29)49-40(54)57)38(55)52-20-18-51(19-21-52)36-9-8-30(27-48-36)39(56)59-23-22-50-13-4-1-5-14-50/h2-3,6-9,24-25,27,31,35H,1,4-5,10-23,26,47H2,(H,49,57)/t35-/m1/s1. The Kier molecular flexibility index (Phi) is 13.5. The number of nitrogen functional groups attached to an aromatic ring is 1. The third-order valence-corrected chi connectivity index (χ3v) is 12.0. The number of amides is 4. The van der Waals surface area contributed by atoms with E-state index in [1.54, 1.807) is 17.0 Å². The van der Waals surface area contributed by atoms with Gasteiger partial charge in [0.15, 0.2) is 6.10 Å². The predicted molar refractivity (Wildman–Crippen MR) is 219 cm³/mol. The van der Waals surface area contributed by atoms with E-state index in [0.717, 1.165) is 43.2 Å². The number of aromatic nitrogens is 1. The molecule has 0 aliphatic carbocycles. The average Bonchev–Trinajstić information content (AvgIpc) is 3.42. The first kappa shape index (κ1) is 42.8. The van der Waals surface area contributed by atoms with Gasteiger partial charge in [-0.2, -0.15) is 13.2 Å². The van der Waals surface area contributed by atoms with E-state index in [1.165, 1.54) is 28.5 Å². The van der Waals surface area contributed by atoms with Crippen molar-refractivity contribution < 1.29 is 41.8 Å². The zero-order chi connectivity index (χ0) is 42.4. The highest BCUT2D eigenvalue weighted by Crippen LogP contribution is 2.38. The van der Waals surface area contributed by atoms with Crippen LogP contribution in [-0.2, 0) is 33.3 Å². The van der Waals surface area contributed by atoms with Gasteiger partial charge in [0.1, 0.15) is 12.4 Å². The minimum Gasteiger partial charge on any atom is -0.461 e. The number of hydrogen-bond donors (Lipinski definition) is 2. The summed E-state index contributed by atoms with van der Waals surface area (Å²) >= 11 is 6.13. The molecule has 4 amide bonds. The fourth-order valence-corrected chi connectivity index (χ4v) is 8.54. The second kappa shape index (κ2) is 19.0. The Bertz CT molecular complexity index is 2020. The highest BCUT2D eigenvalue weighted by molar-refractivity contribution is 6.33. The molecule has 5 heterocycles. The van der Waals surface area contributed by atoms with Crippen molar-refractivity contribution in [3.05, 3.63) is 82.0 Å². The Hall–Kier alpha value is -5.29. The molecule has 0 bridgehead atoms. The topological polar surface area (TPSA) is 154 Å². The first-order valence-corrected chi connectivity index (χ1v) is 20.9. The average molecular weight is 855 g/mol. The van der Waals surface area contributed by atoms with Gasteiger partial charge in [0, 0.05) is 76.7 Å². The molecule has 0 radical (unpaired) electrons. The van der Waals surface area contributed by atoms with Gasteiger partial charge in [-0.1, -0.05) is 36.2 Å². The molecule has 322 valence electrons. The Balaban J connectivity index is 0.972. The van der Waals surface area contributed by atoms with E-state index in [0.29, 0.717) is 63.4 Å². The van der Waals surface area contributed by atoms with E-state index in [9.17, 15) is 32.3 Å². The lowest BCUT2D eigenvalue weighted by Gasteiger charge is -2.39. The molecule has 1 atom stereocenters. The Morgan fingerprint density at radius 1 is 0.917 bits per heavy atom. The van der Waals surface area contributed by atoms with Crippen molar-refractivity contribution in [2.45, 2.75) is 63.3 Å². The summed E-state index contributed by atoms with van der Waals surface area (Å²) in [6.07, 6.45) is -0.842. The molecule has 3 aromatic rings. The van der Waals surface area contributed by atoms with Gasteiger partial charge in [-0.25, -0.2) is 19.4 Å². The fraction of sp³-hybridized carbons (Fsp3) is 0.500. The number of para-hydroxylation sites is 1. The van der Waals surface area contributed by atoms with Crippen LogP contribution in [0.25, 0.3) is 0 Å². The first-order chi connectivity index (χ1) is 28.8. The predicted octanol–water partition coefficient (Wildman–Crippen LogP) is 5.93. The molecular weight excluding hydrogens is 805 g/mol. The van der Waals surface area contributed by atoms with Crippen molar-refractivity contribution >= 4 is 52.8 Å². The highest BCUT2D eigenvalue weighted by atomic mass is 35.5. The number of alkyl halides is 3.